The molecule has 0 bridgehead atoms. The summed E-state index contributed by atoms with van der Waals surface area (Å²) in [5, 5.41) is 2.81. The molecule has 0 spiro atoms. The lowest BCUT2D eigenvalue weighted by Crippen LogP contribution is -2.15. The zero-order valence-corrected chi connectivity index (χ0v) is 10.9. The van der Waals surface area contributed by atoms with Crippen molar-refractivity contribution in [2.24, 2.45) is 0 Å². The Morgan fingerprint density at radius 2 is 1.95 bits per heavy atom. The van der Waals surface area contributed by atoms with Crippen LogP contribution in [0.3, 0.4) is 0 Å². The molecule has 0 atom stereocenters. The number of hydrogen-bond acceptors (Lipinski definition) is 3. The van der Waals surface area contributed by atoms with Gasteiger partial charge in [-0.3, -0.25) is 4.79 Å². The second-order valence-electron chi connectivity index (χ2n) is 3.73. The maximum atomic E-state index is 13.3. The fourth-order valence-corrected chi connectivity index (χ4v) is 2.04. The van der Waals surface area contributed by atoms with Crippen molar-refractivity contribution in [3.8, 4) is 0 Å². The number of thioether (sulfide) groups is 1. The van der Waals surface area contributed by atoms with Crippen molar-refractivity contribution in [2.45, 2.75) is 5.03 Å². The molecule has 1 aromatic carbocycles. The van der Waals surface area contributed by atoms with Crippen LogP contribution in [-0.2, 0) is 4.79 Å². The number of benzene rings is 1. The lowest BCUT2D eigenvalue weighted by molar-refractivity contribution is -0.113. The number of rotatable bonds is 4. The zero-order valence-electron chi connectivity index (χ0n) is 10.1. The van der Waals surface area contributed by atoms with Gasteiger partial charge in [-0.05, 0) is 24.3 Å². The first-order valence-electron chi connectivity index (χ1n) is 5.55. The van der Waals surface area contributed by atoms with Crippen LogP contribution >= 0.6 is 11.8 Å². The highest BCUT2D eigenvalue weighted by Crippen LogP contribution is 2.20. The average molecular weight is 298 g/mol. The number of pyridine rings is 1. The van der Waals surface area contributed by atoms with Crippen LogP contribution in [0.4, 0.5) is 18.9 Å². The van der Waals surface area contributed by atoms with E-state index in [2.05, 4.69) is 10.3 Å². The highest BCUT2D eigenvalue weighted by Gasteiger charge is 2.15. The Morgan fingerprint density at radius 1 is 1.15 bits per heavy atom. The van der Waals surface area contributed by atoms with Gasteiger partial charge in [-0.2, -0.15) is 0 Å². The number of anilines is 1. The number of carbonyl (C=O) groups excluding carboxylic acids is 1. The van der Waals surface area contributed by atoms with E-state index in [1.807, 2.05) is 0 Å². The molecule has 0 saturated heterocycles. The van der Waals surface area contributed by atoms with Crippen LogP contribution in [0.15, 0.2) is 41.6 Å². The highest BCUT2D eigenvalue weighted by molar-refractivity contribution is 7.99. The van der Waals surface area contributed by atoms with E-state index in [1.165, 1.54) is 0 Å². The van der Waals surface area contributed by atoms with Gasteiger partial charge in [0.1, 0.15) is 0 Å². The van der Waals surface area contributed by atoms with E-state index >= 15 is 0 Å². The Bertz CT molecular complexity index is 623. The summed E-state index contributed by atoms with van der Waals surface area (Å²) in [6.45, 7) is 0. The predicted octanol–water partition coefficient (Wildman–Crippen LogP) is 3.23. The Balaban J connectivity index is 1.97. The molecule has 0 aliphatic rings. The van der Waals surface area contributed by atoms with E-state index in [0.717, 1.165) is 23.9 Å². The molecule has 0 aliphatic carbocycles. The van der Waals surface area contributed by atoms with Gasteiger partial charge < -0.3 is 5.32 Å². The Hall–Kier alpha value is -2.02. The van der Waals surface area contributed by atoms with E-state index in [0.29, 0.717) is 5.03 Å². The molecule has 1 N–H and O–H groups in total. The summed E-state index contributed by atoms with van der Waals surface area (Å²) in [6, 6.07) is 6.94. The fourth-order valence-electron chi connectivity index (χ4n) is 1.38. The largest absolute Gasteiger partial charge is 0.323 e. The molecule has 3 nitrogen and oxygen atoms in total. The molecule has 0 unspecified atom stereocenters. The van der Waals surface area contributed by atoms with E-state index in [9.17, 15) is 18.0 Å². The van der Waals surface area contributed by atoms with Crippen molar-refractivity contribution in [3.63, 3.8) is 0 Å². The second kappa shape index (κ2) is 6.42. The van der Waals surface area contributed by atoms with Gasteiger partial charge in [-0.25, -0.2) is 18.2 Å². The van der Waals surface area contributed by atoms with Crippen molar-refractivity contribution < 1.29 is 18.0 Å². The van der Waals surface area contributed by atoms with Gasteiger partial charge in [0.15, 0.2) is 17.5 Å². The molecular weight excluding hydrogens is 289 g/mol. The monoisotopic (exact) mass is 298 g/mol. The smallest absolute Gasteiger partial charge is 0.234 e. The van der Waals surface area contributed by atoms with Crippen LogP contribution in [-0.4, -0.2) is 16.6 Å². The normalized spacial score (nSPS) is 10.3. The summed E-state index contributed by atoms with van der Waals surface area (Å²) in [6.07, 6.45) is 1.58. The van der Waals surface area contributed by atoms with Crippen molar-refractivity contribution in [3.05, 3.63) is 54.0 Å². The summed E-state index contributed by atoms with van der Waals surface area (Å²) in [7, 11) is 0. The molecule has 0 saturated carbocycles. The molecule has 1 amide bonds. The lowest BCUT2D eigenvalue weighted by atomic mass is 10.3. The van der Waals surface area contributed by atoms with Gasteiger partial charge in [0.2, 0.25) is 5.91 Å². The summed E-state index contributed by atoms with van der Waals surface area (Å²) >= 11 is 1.15. The molecule has 0 fully saturated rings. The SMILES string of the molecule is O=C(CSc1ccccn1)Nc1ccc(F)c(F)c1F. The van der Waals surface area contributed by atoms with Gasteiger partial charge in [0.25, 0.3) is 0 Å². The number of nitrogens with one attached hydrogen (secondary N) is 1. The molecule has 0 radical (unpaired) electrons. The van der Waals surface area contributed by atoms with Gasteiger partial charge in [0.05, 0.1) is 16.5 Å². The second-order valence-corrected chi connectivity index (χ2v) is 4.72. The standard InChI is InChI=1S/C13H9F3N2OS/c14-8-4-5-9(13(16)12(8)15)18-10(19)7-20-11-3-1-2-6-17-11/h1-6H,7H2,(H,18,19). The third-order valence-corrected chi connectivity index (χ3v) is 3.24. The first-order valence-corrected chi connectivity index (χ1v) is 6.53. The van der Waals surface area contributed by atoms with Gasteiger partial charge in [-0.15, -0.1) is 0 Å². The number of aromatic nitrogens is 1. The zero-order chi connectivity index (χ0) is 14.5. The third kappa shape index (κ3) is 3.51. The topological polar surface area (TPSA) is 42.0 Å². The average Bonchev–Trinajstić information content (AvgIpc) is 2.47. The summed E-state index contributed by atoms with van der Waals surface area (Å²) in [5.41, 5.74) is -0.393. The van der Waals surface area contributed by atoms with Gasteiger partial charge in [0, 0.05) is 6.20 Å². The molecule has 7 heteroatoms. The first-order chi connectivity index (χ1) is 9.58. The van der Waals surface area contributed by atoms with Crippen molar-refractivity contribution in [1.82, 2.24) is 4.98 Å². The molecule has 104 valence electrons. The maximum absolute atomic E-state index is 13.3. The van der Waals surface area contributed by atoms with Gasteiger partial charge >= 0.3 is 0 Å². The van der Waals surface area contributed by atoms with E-state index in [1.54, 1.807) is 24.4 Å². The number of amides is 1. The minimum absolute atomic E-state index is 0.0184. The molecule has 1 aromatic heterocycles. The summed E-state index contributed by atoms with van der Waals surface area (Å²) in [5.74, 6) is -4.88. The Morgan fingerprint density at radius 3 is 2.65 bits per heavy atom. The number of carbonyl (C=O) groups is 1. The minimum Gasteiger partial charge on any atom is -0.323 e. The molecule has 2 rings (SSSR count). The third-order valence-electron chi connectivity index (χ3n) is 2.30. The molecular formula is C13H9F3N2OS. The summed E-state index contributed by atoms with van der Waals surface area (Å²) < 4.78 is 39.0. The van der Waals surface area contributed by atoms with E-state index in [4.69, 9.17) is 0 Å². The van der Waals surface area contributed by atoms with Crippen LogP contribution in [0.2, 0.25) is 0 Å². The van der Waals surface area contributed by atoms with Crippen molar-refractivity contribution in [1.29, 1.82) is 0 Å². The Labute approximate surface area is 117 Å². The van der Waals surface area contributed by atoms with Crippen LogP contribution in [0.5, 0.6) is 0 Å². The Kier molecular flexibility index (Phi) is 4.62. The molecule has 0 aliphatic heterocycles. The van der Waals surface area contributed by atoms with Crippen LogP contribution < -0.4 is 5.32 Å². The van der Waals surface area contributed by atoms with Crippen LogP contribution in [0.25, 0.3) is 0 Å². The molecule has 20 heavy (non-hydrogen) atoms. The van der Waals surface area contributed by atoms with Gasteiger partial charge in [-0.1, -0.05) is 17.8 Å². The first kappa shape index (κ1) is 14.4. The fraction of sp³-hybridized carbons (Fsp3) is 0.0769. The van der Waals surface area contributed by atoms with Crippen molar-refractivity contribution in [2.75, 3.05) is 11.1 Å². The quantitative estimate of drug-likeness (QED) is 0.696. The number of hydrogen-bond donors (Lipinski definition) is 1. The summed E-state index contributed by atoms with van der Waals surface area (Å²) in [4.78, 5) is 15.6. The predicted molar refractivity (Wildman–Crippen MR) is 69.9 cm³/mol. The highest BCUT2D eigenvalue weighted by atomic mass is 32.2. The molecule has 2 aromatic rings. The van der Waals surface area contributed by atoms with E-state index < -0.39 is 29.0 Å². The lowest BCUT2D eigenvalue weighted by Gasteiger charge is -2.07. The number of halogens is 3. The van der Waals surface area contributed by atoms with Crippen LogP contribution in [0, 0.1) is 17.5 Å². The van der Waals surface area contributed by atoms with E-state index in [-0.39, 0.29) is 5.75 Å². The van der Waals surface area contributed by atoms with Crippen LogP contribution in [0.1, 0.15) is 0 Å². The number of nitrogens with zero attached hydrogens (tertiary/aromatic N) is 1. The van der Waals surface area contributed by atoms with Crippen molar-refractivity contribution >= 4 is 23.4 Å². The minimum atomic E-state index is -1.61. The maximum Gasteiger partial charge on any atom is 0.234 e. The molecule has 1 heterocycles.